The molecule has 1 amide bonds. The third-order valence-corrected chi connectivity index (χ3v) is 6.55. The fourth-order valence-corrected chi connectivity index (χ4v) is 4.06. The summed E-state index contributed by atoms with van der Waals surface area (Å²) in [6, 6.07) is 11.7. The van der Waals surface area contributed by atoms with Gasteiger partial charge >= 0.3 is 0 Å². The summed E-state index contributed by atoms with van der Waals surface area (Å²) in [5.41, 5.74) is 3.13. The molecule has 28 heavy (non-hydrogen) atoms. The molecule has 0 atom stereocenters. The molecule has 0 aliphatic rings. The molecular formula is C18H20ClN3O4S2. The van der Waals surface area contributed by atoms with Crippen LogP contribution in [0.25, 0.3) is 0 Å². The lowest BCUT2D eigenvalue weighted by Gasteiger charge is -2.16. The number of hydrazone groups is 1. The maximum absolute atomic E-state index is 12.6. The van der Waals surface area contributed by atoms with Crippen LogP contribution in [-0.4, -0.2) is 51.8 Å². The Bertz CT molecular complexity index is 963. The van der Waals surface area contributed by atoms with Crippen LogP contribution in [0.1, 0.15) is 5.56 Å². The Hall–Kier alpha value is -2.07. The van der Waals surface area contributed by atoms with Gasteiger partial charge in [-0.25, -0.2) is 13.8 Å². The van der Waals surface area contributed by atoms with Gasteiger partial charge in [0.1, 0.15) is 5.75 Å². The number of methoxy groups -OCH3 is 1. The van der Waals surface area contributed by atoms with Gasteiger partial charge in [-0.05, 0) is 42.2 Å². The number of thioether (sulfide) groups is 1. The Morgan fingerprint density at radius 2 is 1.96 bits per heavy atom. The minimum absolute atomic E-state index is 0.0361. The molecule has 2 aromatic carbocycles. The van der Waals surface area contributed by atoms with E-state index in [1.165, 1.54) is 38.6 Å². The molecule has 0 unspecified atom stereocenters. The molecule has 0 bridgehead atoms. The number of carbonyl (C=O) groups excluding carboxylic acids is 1. The van der Waals surface area contributed by atoms with Crippen molar-refractivity contribution >= 4 is 45.5 Å². The Balaban J connectivity index is 1.98. The molecule has 0 fully saturated rings. The van der Waals surface area contributed by atoms with Gasteiger partial charge in [0.25, 0.3) is 5.91 Å². The zero-order chi connectivity index (χ0) is 20.7. The highest BCUT2D eigenvalue weighted by atomic mass is 35.5. The van der Waals surface area contributed by atoms with Crippen LogP contribution in [0.15, 0.2) is 57.4 Å². The topological polar surface area (TPSA) is 88.1 Å². The van der Waals surface area contributed by atoms with E-state index >= 15 is 0 Å². The maximum Gasteiger partial charge on any atom is 0.255 e. The number of ether oxygens (including phenoxy) is 1. The van der Waals surface area contributed by atoms with Gasteiger partial charge in [-0.15, -0.1) is 11.8 Å². The number of nitrogens with one attached hydrogen (secondary N) is 1. The van der Waals surface area contributed by atoms with Crippen LogP contribution in [0.3, 0.4) is 0 Å². The van der Waals surface area contributed by atoms with Crippen molar-refractivity contribution in [3.63, 3.8) is 0 Å². The molecule has 2 aromatic rings. The molecule has 150 valence electrons. The number of hydrogen-bond acceptors (Lipinski definition) is 6. The molecule has 0 heterocycles. The second kappa shape index (κ2) is 9.92. The summed E-state index contributed by atoms with van der Waals surface area (Å²) in [6.07, 6.45) is 3.47. The first-order valence-corrected chi connectivity index (χ1v) is 11.1. The van der Waals surface area contributed by atoms with E-state index in [4.69, 9.17) is 16.3 Å². The average Bonchev–Trinajstić information content (AvgIpc) is 2.68. The second-order valence-corrected chi connectivity index (χ2v) is 8.96. The lowest BCUT2D eigenvalue weighted by molar-refractivity contribution is -0.121. The first-order chi connectivity index (χ1) is 13.3. The number of benzene rings is 2. The lowest BCUT2D eigenvalue weighted by atomic mass is 10.2. The highest BCUT2D eigenvalue weighted by Crippen LogP contribution is 2.28. The Labute approximate surface area is 173 Å². The summed E-state index contributed by atoms with van der Waals surface area (Å²) in [6.45, 7) is -0.394. The number of carbonyl (C=O) groups is 1. The van der Waals surface area contributed by atoms with Gasteiger partial charge in [-0.2, -0.15) is 9.41 Å². The third kappa shape index (κ3) is 5.71. The Kier molecular flexibility index (Phi) is 7.88. The minimum atomic E-state index is -3.89. The van der Waals surface area contributed by atoms with Gasteiger partial charge in [-0.1, -0.05) is 23.7 Å². The van der Waals surface area contributed by atoms with Crippen LogP contribution in [0.2, 0.25) is 5.02 Å². The highest BCUT2D eigenvalue weighted by Gasteiger charge is 2.23. The highest BCUT2D eigenvalue weighted by molar-refractivity contribution is 7.98. The van der Waals surface area contributed by atoms with Gasteiger partial charge in [0.05, 0.1) is 29.8 Å². The zero-order valence-corrected chi connectivity index (χ0v) is 17.9. The largest absolute Gasteiger partial charge is 0.495 e. The standard InChI is InChI=1S/C18H20ClN3O4S2/c1-22(28(24,25)15-8-9-17(26-2)16(19)10-15)12-18(23)21-20-11-13-4-6-14(27-3)7-5-13/h4-11H,12H2,1-3H3,(H,21,23)/b20-11-. The van der Waals surface area contributed by atoms with E-state index in [1.807, 2.05) is 30.5 Å². The molecule has 0 saturated carbocycles. The first-order valence-electron chi connectivity index (χ1n) is 8.03. The van der Waals surface area contributed by atoms with Crippen molar-refractivity contribution in [2.45, 2.75) is 9.79 Å². The maximum atomic E-state index is 12.6. The van der Waals surface area contributed by atoms with E-state index in [2.05, 4.69) is 10.5 Å². The van der Waals surface area contributed by atoms with E-state index < -0.39 is 22.5 Å². The van der Waals surface area contributed by atoms with Gasteiger partial charge in [0, 0.05) is 11.9 Å². The van der Waals surface area contributed by atoms with Crippen LogP contribution in [0.4, 0.5) is 0 Å². The molecule has 10 heteroatoms. The van der Waals surface area contributed by atoms with Crippen molar-refractivity contribution in [1.29, 1.82) is 0 Å². The van der Waals surface area contributed by atoms with Gasteiger partial charge in [0.15, 0.2) is 0 Å². The van der Waals surface area contributed by atoms with Crippen LogP contribution in [0.5, 0.6) is 5.75 Å². The van der Waals surface area contributed by atoms with E-state index in [-0.39, 0.29) is 9.92 Å². The predicted octanol–water partition coefficient (Wildman–Crippen LogP) is 2.84. The van der Waals surface area contributed by atoms with Crippen molar-refractivity contribution in [1.82, 2.24) is 9.73 Å². The molecule has 1 N–H and O–H groups in total. The van der Waals surface area contributed by atoms with Crippen molar-refractivity contribution in [3.05, 3.63) is 53.1 Å². The molecule has 0 radical (unpaired) electrons. The number of nitrogens with zero attached hydrogens (tertiary/aromatic N) is 2. The number of hydrogen-bond donors (Lipinski definition) is 1. The predicted molar refractivity (Wildman–Crippen MR) is 112 cm³/mol. The molecule has 0 aliphatic heterocycles. The van der Waals surface area contributed by atoms with E-state index in [1.54, 1.807) is 11.8 Å². The van der Waals surface area contributed by atoms with E-state index in [0.717, 1.165) is 14.8 Å². The van der Waals surface area contributed by atoms with Crippen LogP contribution < -0.4 is 10.2 Å². The fourth-order valence-electron chi connectivity index (χ4n) is 2.18. The van der Waals surface area contributed by atoms with E-state index in [0.29, 0.717) is 5.75 Å². The monoisotopic (exact) mass is 441 g/mol. The van der Waals surface area contributed by atoms with E-state index in [9.17, 15) is 13.2 Å². The Morgan fingerprint density at radius 3 is 2.54 bits per heavy atom. The van der Waals surface area contributed by atoms with Crippen LogP contribution in [-0.2, 0) is 14.8 Å². The molecule has 0 aliphatic carbocycles. The number of sulfonamides is 1. The van der Waals surface area contributed by atoms with Crippen molar-refractivity contribution in [3.8, 4) is 5.75 Å². The van der Waals surface area contributed by atoms with Crippen LogP contribution >= 0.6 is 23.4 Å². The smallest absolute Gasteiger partial charge is 0.255 e. The van der Waals surface area contributed by atoms with Gasteiger partial charge < -0.3 is 4.74 Å². The molecule has 0 aromatic heterocycles. The number of likely N-dealkylation sites (N-methyl/N-ethyl adjacent to an activating group) is 1. The zero-order valence-electron chi connectivity index (χ0n) is 15.5. The van der Waals surface area contributed by atoms with Crippen LogP contribution in [0, 0.1) is 0 Å². The summed E-state index contributed by atoms with van der Waals surface area (Å²) < 4.78 is 31.1. The van der Waals surface area contributed by atoms with Crippen molar-refractivity contribution in [2.75, 3.05) is 27.0 Å². The number of halogens is 1. The molecule has 0 saturated heterocycles. The summed E-state index contributed by atoms with van der Waals surface area (Å²) in [7, 11) is -1.15. The SMILES string of the molecule is COc1ccc(S(=O)(=O)N(C)CC(=O)N/N=C\c2ccc(SC)cc2)cc1Cl. The van der Waals surface area contributed by atoms with Crippen molar-refractivity contribution < 1.29 is 17.9 Å². The molecule has 2 rings (SSSR count). The molecular weight excluding hydrogens is 422 g/mol. The summed E-state index contributed by atoms with van der Waals surface area (Å²) in [4.78, 5) is 13.1. The molecule has 7 nitrogen and oxygen atoms in total. The fraction of sp³-hybridized carbons (Fsp3) is 0.222. The average molecular weight is 442 g/mol. The summed E-state index contributed by atoms with van der Waals surface area (Å²) in [5.74, 6) is -0.205. The van der Waals surface area contributed by atoms with Gasteiger partial charge in [-0.3, -0.25) is 4.79 Å². The number of rotatable bonds is 8. The number of amides is 1. The first kappa shape index (κ1) is 22.2. The minimum Gasteiger partial charge on any atom is -0.495 e. The lowest BCUT2D eigenvalue weighted by Crippen LogP contribution is -2.36. The normalized spacial score (nSPS) is 11.8. The molecule has 0 spiro atoms. The quantitative estimate of drug-likeness (QED) is 0.386. The summed E-state index contributed by atoms with van der Waals surface area (Å²) >= 11 is 7.61. The van der Waals surface area contributed by atoms with Crippen molar-refractivity contribution in [2.24, 2.45) is 5.10 Å². The third-order valence-electron chi connectivity index (χ3n) is 3.72. The second-order valence-electron chi connectivity index (χ2n) is 5.62. The van der Waals surface area contributed by atoms with Gasteiger partial charge in [0.2, 0.25) is 10.0 Å². The Morgan fingerprint density at radius 1 is 1.29 bits per heavy atom. The summed E-state index contributed by atoms with van der Waals surface area (Å²) in [5, 5.41) is 4.02.